The van der Waals surface area contributed by atoms with Crippen LogP contribution in [0, 0.1) is 0 Å². The molecule has 0 radical (unpaired) electrons. The van der Waals surface area contributed by atoms with Crippen molar-refractivity contribution in [1.29, 1.82) is 0 Å². The van der Waals surface area contributed by atoms with E-state index in [0.717, 1.165) is 44.2 Å². The van der Waals surface area contributed by atoms with Crippen molar-refractivity contribution in [3.8, 4) is 67.5 Å². The number of aromatic nitrogens is 3. The van der Waals surface area contributed by atoms with Crippen molar-refractivity contribution in [2.75, 3.05) is 0 Å². The van der Waals surface area contributed by atoms with Crippen molar-refractivity contribution in [3.63, 3.8) is 0 Å². The molecule has 0 saturated heterocycles. The first-order chi connectivity index (χ1) is 33.5. The SMILES string of the molecule is [2H]c1c([2H])c([2H])c2c(oc3c4c([2H])c([2H])c([2H])c([2H])c4c(-c4ccc(-c5nc(-c6ccccc6)nc(-c6cc(-c7ccccc7)c7c(c6)oc6c(-c8ccccc8)cccc67)n5)cc4)c([2H])c32)c1[2H]. The summed E-state index contributed by atoms with van der Waals surface area (Å²) < 4.78 is 91.9. The van der Waals surface area contributed by atoms with Crippen LogP contribution in [0.4, 0.5) is 0 Å². The third-order valence-corrected chi connectivity index (χ3v) is 10.9. The summed E-state index contributed by atoms with van der Waals surface area (Å²) in [5.41, 5.74) is 7.60. The Labute approximate surface area is 357 Å². The minimum absolute atomic E-state index is 0.0100. The van der Waals surface area contributed by atoms with E-state index < -0.39 is 48.3 Å². The smallest absolute Gasteiger partial charge is 0.164 e. The molecule has 0 unspecified atom stereocenters. The van der Waals surface area contributed by atoms with E-state index in [4.69, 9.17) is 34.8 Å². The molecule has 3 aromatic heterocycles. The zero-order valence-corrected chi connectivity index (χ0v) is 31.5. The van der Waals surface area contributed by atoms with Crippen molar-refractivity contribution in [1.82, 2.24) is 15.0 Å². The predicted molar refractivity (Wildman–Crippen MR) is 245 cm³/mol. The number of fused-ring (bicyclic) bond motifs is 8. The van der Waals surface area contributed by atoms with Gasteiger partial charge in [-0.25, -0.2) is 15.0 Å². The largest absolute Gasteiger partial charge is 0.455 e. The van der Waals surface area contributed by atoms with Crippen LogP contribution in [0.25, 0.3) is 122 Å². The molecular formula is C55H33N3O2. The van der Waals surface area contributed by atoms with Crippen LogP contribution >= 0.6 is 0 Å². The summed E-state index contributed by atoms with van der Waals surface area (Å²) in [5, 5.41) is 1.87. The van der Waals surface area contributed by atoms with Gasteiger partial charge in [-0.15, -0.1) is 0 Å². The van der Waals surface area contributed by atoms with E-state index in [0.29, 0.717) is 39.7 Å². The van der Waals surface area contributed by atoms with E-state index >= 15 is 0 Å². The zero-order valence-electron chi connectivity index (χ0n) is 40.5. The number of hydrogen-bond donors (Lipinski definition) is 0. The van der Waals surface area contributed by atoms with Crippen LogP contribution in [-0.4, -0.2) is 15.0 Å². The molecule has 60 heavy (non-hydrogen) atoms. The summed E-state index contributed by atoms with van der Waals surface area (Å²) in [6.07, 6.45) is 0. The number of nitrogens with zero attached hydrogens (tertiary/aromatic N) is 3. The van der Waals surface area contributed by atoms with Gasteiger partial charge in [-0.1, -0.05) is 176 Å². The van der Waals surface area contributed by atoms with Crippen LogP contribution in [-0.2, 0) is 0 Å². The Hall–Kier alpha value is -8.15. The molecule has 12 aromatic rings. The molecule has 0 fully saturated rings. The van der Waals surface area contributed by atoms with Crippen molar-refractivity contribution >= 4 is 54.6 Å². The lowest BCUT2D eigenvalue weighted by Crippen LogP contribution is -2.00. The Balaban J connectivity index is 1.07. The molecule has 0 amide bonds. The molecule has 280 valence electrons. The van der Waals surface area contributed by atoms with Crippen molar-refractivity contribution in [2.45, 2.75) is 0 Å². The second-order valence-electron chi connectivity index (χ2n) is 14.4. The van der Waals surface area contributed by atoms with Crippen LogP contribution in [0.15, 0.2) is 209 Å². The molecule has 0 aliphatic carbocycles. The zero-order chi connectivity index (χ0) is 47.4. The Morgan fingerprint density at radius 3 is 1.58 bits per heavy atom. The van der Waals surface area contributed by atoms with Gasteiger partial charge in [0.2, 0.25) is 0 Å². The van der Waals surface area contributed by atoms with Crippen molar-refractivity contribution in [2.24, 2.45) is 0 Å². The van der Waals surface area contributed by atoms with Gasteiger partial charge < -0.3 is 8.83 Å². The first kappa shape index (κ1) is 26.0. The van der Waals surface area contributed by atoms with E-state index in [2.05, 4.69) is 42.5 Å². The number of rotatable bonds is 6. The highest BCUT2D eigenvalue weighted by molar-refractivity contribution is 6.19. The summed E-state index contributed by atoms with van der Waals surface area (Å²) in [6, 6.07) is 43.0. The van der Waals surface area contributed by atoms with Gasteiger partial charge in [-0.05, 0) is 57.4 Å². The Bertz CT molecular complexity index is 4110. The van der Waals surface area contributed by atoms with Crippen LogP contribution in [0.1, 0.15) is 12.3 Å². The van der Waals surface area contributed by atoms with Gasteiger partial charge in [0.05, 0.1) is 12.3 Å². The molecule has 0 spiro atoms. The van der Waals surface area contributed by atoms with Gasteiger partial charge in [-0.3, -0.25) is 0 Å². The lowest BCUT2D eigenvalue weighted by Gasteiger charge is -2.12. The first-order valence-electron chi connectivity index (χ1n) is 23.9. The van der Waals surface area contributed by atoms with E-state index in [-0.39, 0.29) is 44.3 Å². The summed E-state index contributed by atoms with van der Waals surface area (Å²) in [4.78, 5) is 15.1. The summed E-state index contributed by atoms with van der Waals surface area (Å²) in [7, 11) is 0. The number of hydrogen-bond acceptors (Lipinski definition) is 5. The minimum Gasteiger partial charge on any atom is -0.455 e. The molecule has 5 heteroatoms. The van der Waals surface area contributed by atoms with Gasteiger partial charge in [0.25, 0.3) is 0 Å². The van der Waals surface area contributed by atoms with E-state index in [1.165, 1.54) is 0 Å². The van der Waals surface area contributed by atoms with Gasteiger partial charge in [0.1, 0.15) is 22.3 Å². The first-order valence-corrected chi connectivity index (χ1v) is 19.4. The van der Waals surface area contributed by atoms with E-state index in [9.17, 15) is 1.37 Å². The van der Waals surface area contributed by atoms with Gasteiger partial charge in [0.15, 0.2) is 17.5 Å². The predicted octanol–water partition coefficient (Wildman–Crippen LogP) is 14.8. The minimum atomic E-state index is -0.528. The van der Waals surface area contributed by atoms with Crippen molar-refractivity contribution in [3.05, 3.63) is 200 Å². The highest BCUT2D eigenvalue weighted by Crippen LogP contribution is 2.44. The maximum absolute atomic E-state index is 9.63. The second kappa shape index (κ2) is 13.8. The maximum Gasteiger partial charge on any atom is 0.164 e. The van der Waals surface area contributed by atoms with Gasteiger partial charge in [-0.2, -0.15) is 0 Å². The Morgan fingerprint density at radius 1 is 0.350 bits per heavy atom. The summed E-state index contributed by atoms with van der Waals surface area (Å²) in [5.74, 6) is 1.16. The summed E-state index contributed by atoms with van der Waals surface area (Å²) >= 11 is 0. The molecule has 0 saturated carbocycles. The fourth-order valence-corrected chi connectivity index (χ4v) is 8.07. The molecule has 0 aliphatic heterocycles. The van der Waals surface area contributed by atoms with Crippen LogP contribution in [0.3, 0.4) is 0 Å². The topological polar surface area (TPSA) is 65.0 Å². The van der Waals surface area contributed by atoms with Gasteiger partial charge in [0, 0.05) is 49.2 Å². The monoisotopic (exact) mass is 776 g/mol. The summed E-state index contributed by atoms with van der Waals surface area (Å²) in [6.45, 7) is 0. The fourth-order valence-electron chi connectivity index (χ4n) is 8.07. The number of para-hydroxylation sites is 2. The molecular weight excluding hydrogens is 735 g/mol. The van der Waals surface area contributed by atoms with Crippen molar-refractivity contribution < 1.29 is 21.2 Å². The molecule has 9 aromatic carbocycles. The number of furan rings is 2. The third-order valence-electron chi connectivity index (χ3n) is 10.9. The molecule has 0 bridgehead atoms. The standard InChI is InChI=1S/C55H33N3O2/c1-4-15-34(16-5-1)40-24-14-25-44-50-46(35-17-6-2-7-18-35)31-39(32-49(50)60-51(40)44)55-57-53(37-19-8-3-9-20-37)56-54(58-55)38-29-27-36(28-30-38)45-33-47-42-22-12-13-26-48(42)59-52(47)43-23-11-10-21-41(43)45/h1-33H/i10D,11D,12D,13D,21D,22D,23D,26D,33D. The van der Waals surface area contributed by atoms with Gasteiger partial charge >= 0.3 is 0 Å². The van der Waals surface area contributed by atoms with E-state index in [1.54, 1.807) is 24.3 Å². The molecule has 5 nitrogen and oxygen atoms in total. The molecule has 0 N–H and O–H groups in total. The van der Waals surface area contributed by atoms with E-state index in [1.807, 2.05) is 78.9 Å². The van der Waals surface area contributed by atoms with Crippen LogP contribution < -0.4 is 0 Å². The Morgan fingerprint density at radius 2 is 0.883 bits per heavy atom. The normalized spacial score (nSPS) is 13.8. The second-order valence-corrected chi connectivity index (χ2v) is 14.4. The quantitative estimate of drug-likeness (QED) is 0.168. The van der Waals surface area contributed by atoms with Crippen LogP contribution in [0.2, 0.25) is 0 Å². The molecule has 12 rings (SSSR count). The van der Waals surface area contributed by atoms with Crippen LogP contribution in [0.5, 0.6) is 0 Å². The highest BCUT2D eigenvalue weighted by atomic mass is 16.3. The fraction of sp³-hybridized carbons (Fsp3) is 0. The number of benzene rings is 9. The lowest BCUT2D eigenvalue weighted by molar-refractivity contribution is 0.670. The maximum atomic E-state index is 9.63. The average molecular weight is 777 g/mol. The molecule has 3 heterocycles. The Kier molecular flexibility index (Phi) is 5.95. The molecule has 0 aliphatic rings. The average Bonchev–Trinajstić information content (AvgIpc) is 3.99. The third kappa shape index (κ3) is 5.59. The lowest BCUT2D eigenvalue weighted by atomic mass is 9.94. The highest BCUT2D eigenvalue weighted by Gasteiger charge is 2.21. The molecule has 0 atom stereocenters.